The van der Waals surface area contributed by atoms with Crippen molar-refractivity contribution in [1.82, 2.24) is 10.6 Å². The zero-order chi connectivity index (χ0) is 20.5. The predicted octanol–water partition coefficient (Wildman–Crippen LogP) is 0.715. The van der Waals surface area contributed by atoms with Gasteiger partial charge in [-0.25, -0.2) is 4.79 Å². The van der Waals surface area contributed by atoms with Gasteiger partial charge in [-0.1, -0.05) is 36.8 Å². The molecule has 2 amide bonds. The fourth-order valence-electron chi connectivity index (χ4n) is 3.06. The second-order valence-electron chi connectivity index (χ2n) is 6.77. The predicted molar refractivity (Wildman–Crippen MR) is 103 cm³/mol. The van der Waals surface area contributed by atoms with Crippen LogP contribution in [-0.4, -0.2) is 47.6 Å². The van der Waals surface area contributed by atoms with E-state index < -0.39 is 35.8 Å². The van der Waals surface area contributed by atoms with Gasteiger partial charge in [0.2, 0.25) is 11.7 Å². The van der Waals surface area contributed by atoms with Crippen LogP contribution in [0.5, 0.6) is 0 Å². The van der Waals surface area contributed by atoms with Crippen molar-refractivity contribution >= 4 is 17.8 Å². The van der Waals surface area contributed by atoms with E-state index >= 15 is 0 Å². The molecule has 1 heterocycles. The van der Waals surface area contributed by atoms with Gasteiger partial charge in [0.15, 0.2) is 6.10 Å². The Morgan fingerprint density at radius 3 is 2.50 bits per heavy atom. The van der Waals surface area contributed by atoms with E-state index in [9.17, 15) is 14.4 Å². The van der Waals surface area contributed by atoms with Crippen molar-refractivity contribution in [3.8, 4) is 0 Å². The fraction of sp³-hybridized carbons (Fsp3) is 0.450. The Morgan fingerprint density at radius 1 is 1.14 bits per heavy atom. The average molecular weight is 389 g/mol. The van der Waals surface area contributed by atoms with Crippen LogP contribution in [0.15, 0.2) is 42.2 Å². The van der Waals surface area contributed by atoms with Gasteiger partial charge >= 0.3 is 5.97 Å². The molecule has 8 heteroatoms. The van der Waals surface area contributed by atoms with Crippen LogP contribution >= 0.6 is 0 Å². The highest BCUT2D eigenvalue weighted by Crippen LogP contribution is 2.18. The van der Waals surface area contributed by atoms with Crippen LogP contribution in [-0.2, 0) is 25.5 Å². The van der Waals surface area contributed by atoms with Crippen LogP contribution < -0.4 is 16.4 Å². The summed E-state index contributed by atoms with van der Waals surface area (Å²) in [7, 11) is 0. The number of amides is 2. The molecule has 3 atom stereocenters. The number of unbranched alkanes of at least 4 members (excludes halogenated alkanes) is 2. The molecule has 0 spiro atoms. The first-order chi connectivity index (χ1) is 13.4. The molecule has 0 aromatic heterocycles. The van der Waals surface area contributed by atoms with Gasteiger partial charge < -0.3 is 26.2 Å². The quantitative estimate of drug-likeness (QED) is 0.460. The third kappa shape index (κ3) is 6.38. The molecule has 2 rings (SSSR count). The summed E-state index contributed by atoms with van der Waals surface area (Å²) in [4.78, 5) is 35.1. The van der Waals surface area contributed by atoms with E-state index in [-0.39, 0.29) is 5.91 Å². The Balaban J connectivity index is 1.81. The van der Waals surface area contributed by atoms with Crippen LogP contribution in [0.25, 0.3) is 0 Å². The summed E-state index contributed by atoms with van der Waals surface area (Å²) in [6.45, 7) is 1.73. The van der Waals surface area contributed by atoms with Gasteiger partial charge in [0.25, 0.3) is 5.91 Å². The lowest BCUT2D eigenvalue weighted by molar-refractivity contribution is -0.143. The minimum Gasteiger partial charge on any atom is -0.475 e. The number of nitrogens with one attached hydrogen (secondary N) is 2. The normalized spacial score (nSPS) is 21.2. The molecular weight excluding hydrogens is 362 g/mol. The van der Waals surface area contributed by atoms with Crippen molar-refractivity contribution in [3.05, 3.63) is 47.7 Å². The lowest BCUT2D eigenvalue weighted by Crippen LogP contribution is -2.60. The number of carbonyl (C=O) groups excluding carboxylic acids is 2. The molecule has 5 N–H and O–H groups in total. The van der Waals surface area contributed by atoms with Crippen molar-refractivity contribution in [2.24, 2.45) is 5.73 Å². The molecule has 1 aromatic carbocycles. The van der Waals surface area contributed by atoms with Gasteiger partial charge in [0.05, 0.1) is 12.1 Å². The second kappa shape index (κ2) is 10.5. The Kier molecular flexibility index (Phi) is 8.01. The van der Waals surface area contributed by atoms with Crippen LogP contribution in [0.4, 0.5) is 0 Å². The maximum absolute atomic E-state index is 12.5. The first kappa shape index (κ1) is 21.4. The zero-order valence-electron chi connectivity index (χ0n) is 15.9. The van der Waals surface area contributed by atoms with Gasteiger partial charge in [-0.05, 0) is 30.9 Å². The molecule has 3 unspecified atom stereocenters. The van der Waals surface area contributed by atoms with Crippen molar-refractivity contribution in [1.29, 1.82) is 0 Å². The maximum atomic E-state index is 12.5. The lowest BCUT2D eigenvalue weighted by atomic mass is 9.98. The number of aliphatic carboxylic acids is 1. The SMILES string of the molecule is CC(=O)NC1C(N)C=C(C(=O)O)OC1C(=O)NCCCCCc1ccccc1. The molecule has 8 nitrogen and oxygen atoms in total. The Hall–Kier alpha value is -2.87. The standard InChI is InChI=1S/C20H27N3O5/c1-13(24)23-17-15(21)12-16(20(26)27)28-18(17)19(25)22-11-7-3-6-10-14-8-4-2-5-9-14/h2,4-5,8-9,12,15,17-18H,3,6-7,10-11,21H2,1H3,(H,22,25)(H,23,24)(H,26,27). The van der Waals surface area contributed by atoms with Crippen molar-refractivity contribution in [2.45, 2.75) is 50.8 Å². The molecule has 0 saturated heterocycles. The highest BCUT2D eigenvalue weighted by Gasteiger charge is 2.40. The zero-order valence-corrected chi connectivity index (χ0v) is 15.9. The van der Waals surface area contributed by atoms with E-state index in [4.69, 9.17) is 15.6 Å². The molecule has 0 radical (unpaired) electrons. The molecule has 0 bridgehead atoms. The molecule has 0 saturated carbocycles. The van der Waals surface area contributed by atoms with E-state index in [1.807, 2.05) is 18.2 Å². The molecular formula is C20H27N3O5. The summed E-state index contributed by atoms with van der Waals surface area (Å²) in [5.41, 5.74) is 7.20. The number of ether oxygens (including phenoxy) is 1. The van der Waals surface area contributed by atoms with Gasteiger partial charge in [-0.3, -0.25) is 9.59 Å². The van der Waals surface area contributed by atoms with E-state index in [1.165, 1.54) is 18.6 Å². The third-order valence-corrected chi connectivity index (χ3v) is 4.46. The maximum Gasteiger partial charge on any atom is 0.370 e. The summed E-state index contributed by atoms with van der Waals surface area (Å²) in [6, 6.07) is 8.50. The minimum atomic E-state index is -1.31. The number of hydrogen-bond acceptors (Lipinski definition) is 5. The first-order valence-electron chi connectivity index (χ1n) is 9.34. The average Bonchev–Trinajstić information content (AvgIpc) is 2.66. The van der Waals surface area contributed by atoms with Gasteiger partial charge in [-0.15, -0.1) is 0 Å². The number of carboxylic acids is 1. The van der Waals surface area contributed by atoms with E-state index in [0.717, 1.165) is 25.7 Å². The molecule has 1 aliphatic rings. The van der Waals surface area contributed by atoms with E-state index in [0.29, 0.717) is 6.54 Å². The first-order valence-corrected chi connectivity index (χ1v) is 9.34. The van der Waals surface area contributed by atoms with Crippen LogP contribution in [0.1, 0.15) is 31.7 Å². The monoisotopic (exact) mass is 389 g/mol. The largest absolute Gasteiger partial charge is 0.475 e. The minimum absolute atomic E-state index is 0.380. The summed E-state index contributed by atoms with van der Waals surface area (Å²) < 4.78 is 5.28. The number of carboxylic acid groups (broad SMARTS) is 1. The number of rotatable bonds is 9. The van der Waals surface area contributed by atoms with E-state index in [2.05, 4.69) is 22.8 Å². The highest BCUT2D eigenvalue weighted by molar-refractivity contribution is 5.88. The third-order valence-electron chi connectivity index (χ3n) is 4.46. The number of hydrogen-bond donors (Lipinski definition) is 4. The highest BCUT2D eigenvalue weighted by atomic mass is 16.5. The molecule has 1 aromatic rings. The van der Waals surface area contributed by atoms with Crippen LogP contribution in [0.3, 0.4) is 0 Å². The number of aryl methyl sites for hydroxylation is 1. The summed E-state index contributed by atoms with van der Waals surface area (Å²) in [5.74, 6) is -2.58. The molecule has 152 valence electrons. The van der Waals surface area contributed by atoms with Crippen LogP contribution in [0.2, 0.25) is 0 Å². The summed E-state index contributed by atoms with van der Waals surface area (Å²) >= 11 is 0. The lowest BCUT2D eigenvalue weighted by Gasteiger charge is -2.34. The van der Waals surface area contributed by atoms with Crippen LogP contribution in [0, 0.1) is 0 Å². The molecule has 0 aliphatic carbocycles. The summed E-state index contributed by atoms with van der Waals surface area (Å²) in [5, 5.41) is 14.4. The topological polar surface area (TPSA) is 131 Å². The second-order valence-corrected chi connectivity index (χ2v) is 6.77. The number of benzene rings is 1. The van der Waals surface area contributed by atoms with Gasteiger partial charge in [0.1, 0.15) is 0 Å². The van der Waals surface area contributed by atoms with Crippen molar-refractivity contribution in [3.63, 3.8) is 0 Å². The Morgan fingerprint density at radius 2 is 1.86 bits per heavy atom. The van der Waals surface area contributed by atoms with Gasteiger partial charge in [-0.2, -0.15) is 0 Å². The molecule has 0 fully saturated rings. The molecule has 28 heavy (non-hydrogen) atoms. The Labute approximate surface area is 164 Å². The number of carbonyl (C=O) groups is 3. The number of nitrogens with two attached hydrogens (primary N) is 1. The fourth-order valence-corrected chi connectivity index (χ4v) is 3.06. The summed E-state index contributed by atoms with van der Waals surface area (Å²) in [6.07, 6.45) is 3.70. The van der Waals surface area contributed by atoms with Crippen molar-refractivity contribution < 1.29 is 24.2 Å². The molecule has 1 aliphatic heterocycles. The van der Waals surface area contributed by atoms with Crippen molar-refractivity contribution in [2.75, 3.05) is 6.54 Å². The Bertz CT molecular complexity index is 720. The van der Waals surface area contributed by atoms with E-state index in [1.54, 1.807) is 0 Å². The van der Waals surface area contributed by atoms with Gasteiger partial charge in [0, 0.05) is 13.5 Å². The smallest absolute Gasteiger partial charge is 0.370 e.